The number of carbonyl (C=O) groups is 1. The molecule has 0 unspecified atom stereocenters. The van der Waals surface area contributed by atoms with Crippen LogP contribution in [0.15, 0.2) is 48.5 Å². The lowest BCUT2D eigenvalue weighted by Gasteiger charge is -2.19. The number of aromatic amines is 1. The van der Waals surface area contributed by atoms with Gasteiger partial charge in [0.25, 0.3) is 0 Å². The molecule has 2 N–H and O–H groups in total. The summed E-state index contributed by atoms with van der Waals surface area (Å²) in [6, 6.07) is 14.2. The average Bonchev–Trinajstić information content (AvgIpc) is 2.93. The first-order valence-corrected chi connectivity index (χ1v) is 9.60. The van der Waals surface area contributed by atoms with Crippen molar-refractivity contribution in [2.75, 3.05) is 11.1 Å². The third-order valence-electron chi connectivity index (χ3n) is 4.44. The van der Waals surface area contributed by atoms with E-state index in [2.05, 4.69) is 15.5 Å². The largest absolute Gasteiger partial charge is 0.488 e. The number of H-pyrrole nitrogens is 1. The van der Waals surface area contributed by atoms with Crippen LogP contribution in [0.3, 0.4) is 0 Å². The number of nitrogens with one attached hydrogen (secondary N) is 2. The van der Waals surface area contributed by atoms with Gasteiger partial charge in [0.05, 0.1) is 11.0 Å². The van der Waals surface area contributed by atoms with Crippen LogP contribution in [-0.4, -0.2) is 21.9 Å². The fourth-order valence-electron chi connectivity index (χ4n) is 3.11. The van der Waals surface area contributed by atoms with E-state index in [9.17, 15) is 9.18 Å². The molecule has 0 saturated carbocycles. The number of halogens is 1. The number of fused-ring (bicyclic) bond motifs is 1. The number of benzene rings is 2. The number of rotatable bonds is 4. The summed E-state index contributed by atoms with van der Waals surface area (Å²) < 4.78 is 19.9. The van der Waals surface area contributed by atoms with Crippen LogP contribution in [0.5, 0.6) is 5.75 Å². The van der Waals surface area contributed by atoms with Crippen LogP contribution in [0.2, 0.25) is 0 Å². The van der Waals surface area contributed by atoms with Crippen LogP contribution < -0.4 is 10.1 Å². The van der Waals surface area contributed by atoms with E-state index in [1.54, 1.807) is 18.2 Å². The second-order valence-electron chi connectivity index (χ2n) is 6.27. The van der Waals surface area contributed by atoms with Gasteiger partial charge in [0, 0.05) is 22.4 Å². The number of anilines is 1. The van der Waals surface area contributed by atoms with Crippen molar-refractivity contribution in [3.8, 4) is 5.75 Å². The van der Waals surface area contributed by atoms with Gasteiger partial charge in [-0.25, -0.2) is 4.39 Å². The predicted octanol–water partition coefficient (Wildman–Crippen LogP) is 4.21. The summed E-state index contributed by atoms with van der Waals surface area (Å²) in [4.78, 5) is 12.0. The Kier molecular flexibility index (Phi) is 4.85. The third kappa shape index (κ3) is 3.55. The second kappa shape index (κ2) is 7.44. The first-order valence-electron chi connectivity index (χ1n) is 8.55. The topological polar surface area (TPSA) is 67.0 Å². The molecule has 1 aliphatic heterocycles. The molecule has 5 nitrogen and oxygen atoms in total. The lowest BCUT2D eigenvalue weighted by atomic mass is 10.0. The van der Waals surface area contributed by atoms with Crippen LogP contribution in [0, 0.1) is 12.7 Å². The van der Waals surface area contributed by atoms with Gasteiger partial charge in [-0.15, -0.1) is 11.8 Å². The minimum Gasteiger partial charge on any atom is -0.488 e. The number of nitrogens with zero attached hydrogens (tertiary/aromatic N) is 1. The molecule has 138 valence electrons. The summed E-state index contributed by atoms with van der Waals surface area (Å²) in [6.07, 6.45) is 0. The van der Waals surface area contributed by atoms with Gasteiger partial charge < -0.3 is 10.1 Å². The molecule has 1 aromatic heterocycles. The molecule has 27 heavy (non-hydrogen) atoms. The molecule has 0 saturated heterocycles. The van der Waals surface area contributed by atoms with Crippen LogP contribution in [0.4, 0.5) is 10.2 Å². The molecule has 0 aliphatic carbocycles. The van der Waals surface area contributed by atoms with Crippen molar-refractivity contribution in [1.29, 1.82) is 0 Å². The van der Waals surface area contributed by atoms with E-state index < -0.39 is 0 Å². The number of carbonyl (C=O) groups excluding carboxylic acids is 1. The molecule has 1 amide bonds. The van der Waals surface area contributed by atoms with Gasteiger partial charge in [-0.1, -0.05) is 36.4 Å². The number of hydrogen-bond acceptors (Lipinski definition) is 4. The van der Waals surface area contributed by atoms with Crippen molar-refractivity contribution in [1.82, 2.24) is 10.2 Å². The molecule has 3 aromatic rings. The maximum atomic E-state index is 13.9. The van der Waals surface area contributed by atoms with E-state index in [4.69, 9.17) is 4.74 Å². The molecule has 4 rings (SSSR count). The molecule has 0 bridgehead atoms. The molecular weight excluding hydrogens is 365 g/mol. The summed E-state index contributed by atoms with van der Waals surface area (Å²) in [5, 5.41) is 9.88. The predicted molar refractivity (Wildman–Crippen MR) is 103 cm³/mol. The minimum absolute atomic E-state index is 0.0833. The van der Waals surface area contributed by atoms with Gasteiger partial charge in [0.15, 0.2) is 5.82 Å². The standard InChI is InChI=1S/C20H18FN3O2S/c1-12-18-19(27-11-17(25)22-20(18)24-23-12)14-7-3-5-9-16(14)26-10-13-6-2-4-8-15(13)21/h2-9,19H,10-11H2,1H3,(H2,22,23,24,25)/t19-/m1/s1. The zero-order chi connectivity index (χ0) is 18.8. The molecule has 1 aliphatic rings. The van der Waals surface area contributed by atoms with Crippen LogP contribution in [0.25, 0.3) is 0 Å². The minimum atomic E-state index is -0.290. The first kappa shape index (κ1) is 17.6. The van der Waals surface area contributed by atoms with E-state index in [0.717, 1.165) is 16.8 Å². The van der Waals surface area contributed by atoms with Gasteiger partial charge in [-0.2, -0.15) is 5.10 Å². The highest BCUT2D eigenvalue weighted by Crippen LogP contribution is 2.45. The Labute approximate surface area is 160 Å². The zero-order valence-electron chi connectivity index (χ0n) is 14.7. The Balaban J connectivity index is 1.68. The maximum absolute atomic E-state index is 13.9. The lowest BCUT2D eigenvalue weighted by Crippen LogP contribution is -2.12. The molecule has 0 fully saturated rings. The Bertz CT molecular complexity index is 989. The summed E-state index contributed by atoms with van der Waals surface area (Å²) in [5.74, 6) is 1.17. The average molecular weight is 383 g/mol. The maximum Gasteiger partial charge on any atom is 0.235 e. The van der Waals surface area contributed by atoms with Gasteiger partial charge in [0.2, 0.25) is 5.91 Å². The molecule has 2 heterocycles. The smallest absolute Gasteiger partial charge is 0.235 e. The van der Waals surface area contributed by atoms with Crippen LogP contribution in [0.1, 0.15) is 27.6 Å². The van der Waals surface area contributed by atoms with Gasteiger partial charge >= 0.3 is 0 Å². The number of para-hydroxylation sites is 1. The number of amides is 1. The van der Waals surface area contributed by atoms with Gasteiger partial charge in [-0.05, 0) is 19.1 Å². The van der Waals surface area contributed by atoms with E-state index in [1.807, 2.05) is 31.2 Å². The number of aromatic nitrogens is 2. The van der Waals surface area contributed by atoms with E-state index in [1.165, 1.54) is 17.8 Å². The Morgan fingerprint density at radius 2 is 2.00 bits per heavy atom. The van der Waals surface area contributed by atoms with E-state index >= 15 is 0 Å². The second-order valence-corrected chi connectivity index (χ2v) is 7.36. The number of thioether (sulfide) groups is 1. The van der Waals surface area contributed by atoms with Crippen molar-refractivity contribution in [3.05, 3.63) is 76.7 Å². The van der Waals surface area contributed by atoms with Gasteiger partial charge in [0.1, 0.15) is 18.2 Å². The Morgan fingerprint density at radius 1 is 1.22 bits per heavy atom. The number of aryl methyl sites for hydroxylation is 1. The van der Waals surface area contributed by atoms with Crippen molar-refractivity contribution in [2.45, 2.75) is 18.8 Å². The quantitative estimate of drug-likeness (QED) is 0.708. The lowest BCUT2D eigenvalue weighted by molar-refractivity contribution is -0.113. The van der Waals surface area contributed by atoms with Crippen LogP contribution >= 0.6 is 11.8 Å². The highest BCUT2D eigenvalue weighted by atomic mass is 32.2. The highest BCUT2D eigenvalue weighted by Gasteiger charge is 2.30. The van der Waals surface area contributed by atoms with E-state index in [-0.39, 0.29) is 23.6 Å². The fourth-order valence-corrected chi connectivity index (χ4v) is 4.33. The monoisotopic (exact) mass is 383 g/mol. The van der Waals surface area contributed by atoms with Crippen molar-refractivity contribution in [2.24, 2.45) is 0 Å². The molecule has 2 aromatic carbocycles. The molecule has 1 atom stereocenters. The Morgan fingerprint density at radius 3 is 2.85 bits per heavy atom. The number of hydrogen-bond donors (Lipinski definition) is 2. The summed E-state index contributed by atoms with van der Waals surface area (Å²) in [5.41, 5.74) is 3.26. The first-order chi connectivity index (χ1) is 13.1. The summed E-state index contributed by atoms with van der Waals surface area (Å²) in [6.45, 7) is 2.06. The van der Waals surface area contributed by atoms with Gasteiger partial charge in [-0.3, -0.25) is 9.89 Å². The van der Waals surface area contributed by atoms with Crippen LogP contribution in [-0.2, 0) is 11.4 Å². The SMILES string of the molecule is Cc1[nH]nc2c1[C@@H](c1ccccc1OCc1ccccc1F)SCC(=O)N2. The summed E-state index contributed by atoms with van der Waals surface area (Å²) in [7, 11) is 0. The normalized spacial score (nSPS) is 16.4. The molecule has 0 spiro atoms. The Hall–Kier alpha value is -2.80. The zero-order valence-corrected chi connectivity index (χ0v) is 15.5. The van der Waals surface area contributed by atoms with E-state index in [0.29, 0.717) is 22.9 Å². The highest BCUT2D eigenvalue weighted by molar-refractivity contribution is 8.00. The van der Waals surface area contributed by atoms with Crippen molar-refractivity contribution >= 4 is 23.5 Å². The van der Waals surface area contributed by atoms with Crippen molar-refractivity contribution < 1.29 is 13.9 Å². The van der Waals surface area contributed by atoms with Crippen molar-refractivity contribution in [3.63, 3.8) is 0 Å². The number of ether oxygens (including phenoxy) is 1. The third-order valence-corrected chi connectivity index (χ3v) is 5.69. The molecular formula is C20H18FN3O2S. The molecule has 0 radical (unpaired) electrons. The summed E-state index contributed by atoms with van der Waals surface area (Å²) >= 11 is 1.52. The molecule has 7 heteroatoms. The fraction of sp³-hybridized carbons (Fsp3) is 0.200.